The Morgan fingerprint density at radius 3 is 2.76 bits per heavy atom. The molecule has 0 bridgehead atoms. The quantitative estimate of drug-likeness (QED) is 0.820. The Hall–Kier alpha value is -1.85. The molecule has 6 heteroatoms. The van der Waals surface area contributed by atoms with Crippen LogP contribution >= 0.6 is 0 Å². The van der Waals surface area contributed by atoms with Crippen molar-refractivity contribution in [2.75, 3.05) is 0 Å². The van der Waals surface area contributed by atoms with Crippen LogP contribution in [0, 0.1) is 0 Å². The molecule has 1 fully saturated rings. The van der Waals surface area contributed by atoms with Gasteiger partial charge in [0.05, 0.1) is 0 Å². The summed E-state index contributed by atoms with van der Waals surface area (Å²) in [6.07, 6.45) is 3.04. The smallest absolute Gasteiger partial charge is 0.330 e. The van der Waals surface area contributed by atoms with Gasteiger partial charge in [0.15, 0.2) is 5.65 Å². The molecule has 1 aliphatic carbocycles. The second-order valence-corrected chi connectivity index (χ2v) is 4.51. The van der Waals surface area contributed by atoms with Gasteiger partial charge in [-0.1, -0.05) is 6.92 Å². The molecule has 0 amide bonds. The molecule has 0 unspecified atom stereocenters. The van der Waals surface area contributed by atoms with E-state index in [4.69, 9.17) is 0 Å². The lowest BCUT2D eigenvalue weighted by Crippen LogP contribution is -2.30. The molecule has 0 aromatic carbocycles. The van der Waals surface area contributed by atoms with Crippen molar-refractivity contribution in [3.63, 3.8) is 0 Å². The van der Waals surface area contributed by atoms with Gasteiger partial charge in [0.2, 0.25) is 0 Å². The van der Waals surface area contributed by atoms with Crippen LogP contribution in [-0.4, -0.2) is 19.5 Å². The molecule has 2 aromatic rings. The number of H-pyrrole nitrogens is 2. The highest BCUT2D eigenvalue weighted by Crippen LogP contribution is 2.38. The second kappa shape index (κ2) is 3.58. The van der Waals surface area contributed by atoms with E-state index in [1.165, 1.54) is 4.57 Å². The van der Waals surface area contributed by atoms with Crippen molar-refractivity contribution >= 4 is 11.2 Å². The molecule has 17 heavy (non-hydrogen) atoms. The Labute approximate surface area is 96.7 Å². The molecule has 0 spiro atoms. The normalized spacial score (nSPS) is 15.6. The summed E-state index contributed by atoms with van der Waals surface area (Å²) in [5.74, 6) is 1.27. The highest BCUT2D eigenvalue weighted by atomic mass is 16.2. The molecule has 2 heterocycles. The fourth-order valence-corrected chi connectivity index (χ4v) is 2.04. The lowest BCUT2D eigenvalue weighted by molar-refractivity contribution is 0.652. The SMILES string of the molecule is CCCn1c(=O)[nH]c(=O)c2[nH]c(C3CC3)nc21. The maximum absolute atomic E-state index is 11.7. The van der Waals surface area contributed by atoms with Gasteiger partial charge in [0.25, 0.3) is 5.56 Å². The van der Waals surface area contributed by atoms with Gasteiger partial charge in [0, 0.05) is 12.5 Å². The lowest BCUT2D eigenvalue weighted by Gasteiger charge is -2.02. The average molecular weight is 234 g/mol. The molecule has 2 aromatic heterocycles. The molecular weight excluding hydrogens is 220 g/mol. The topological polar surface area (TPSA) is 83.5 Å². The van der Waals surface area contributed by atoms with Crippen LogP contribution in [0.25, 0.3) is 11.2 Å². The summed E-state index contributed by atoms with van der Waals surface area (Å²) in [5, 5.41) is 0. The third-order valence-corrected chi connectivity index (χ3v) is 3.06. The number of fused-ring (bicyclic) bond motifs is 1. The summed E-state index contributed by atoms with van der Waals surface area (Å²) >= 11 is 0. The van der Waals surface area contributed by atoms with Crippen molar-refractivity contribution < 1.29 is 0 Å². The molecule has 1 saturated carbocycles. The first-order valence-electron chi connectivity index (χ1n) is 5.93. The van der Waals surface area contributed by atoms with E-state index in [0.717, 1.165) is 25.1 Å². The van der Waals surface area contributed by atoms with Crippen LogP contribution in [-0.2, 0) is 6.54 Å². The number of hydrogen-bond donors (Lipinski definition) is 2. The largest absolute Gasteiger partial charge is 0.336 e. The van der Waals surface area contributed by atoms with Gasteiger partial charge in [-0.25, -0.2) is 9.78 Å². The Balaban J connectivity index is 2.30. The van der Waals surface area contributed by atoms with E-state index in [9.17, 15) is 9.59 Å². The molecule has 0 aliphatic heterocycles. The van der Waals surface area contributed by atoms with Gasteiger partial charge < -0.3 is 4.98 Å². The second-order valence-electron chi connectivity index (χ2n) is 4.51. The zero-order valence-corrected chi connectivity index (χ0v) is 9.62. The van der Waals surface area contributed by atoms with E-state index < -0.39 is 0 Å². The first kappa shape index (κ1) is 10.3. The molecule has 0 saturated heterocycles. The van der Waals surface area contributed by atoms with Crippen molar-refractivity contribution in [1.82, 2.24) is 19.5 Å². The maximum atomic E-state index is 11.7. The molecule has 90 valence electrons. The van der Waals surface area contributed by atoms with Crippen LogP contribution in [0.2, 0.25) is 0 Å². The van der Waals surface area contributed by atoms with Gasteiger partial charge in [-0.2, -0.15) is 0 Å². The van der Waals surface area contributed by atoms with Crippen LogP contribution < -0.4 is 11.2 Å². The highest BCUT2D eigenvalue weighted by molar-refractivity contribution is 5.69. The summed E-state index contributed by atoms with van der Waals surface area (Å²) < 4.78 is 1.53. The maximum Gasteiger partial charge on any atom is 0.330 e. The number of hydrogen-bond acceptors (Lipinski definition) is 3. The van der Waals surface area contributed by atoms with Crippen LogP contribution in [0.4, 0.5) is 0 Å². The van der Waals surface area contributed by atoms with E-state index in [2.05, 4.69) is 15.0 Å². The summed E-state index contributed by atoms with van der Waals surface area (Å²) in [7, 11) is 0. The van der Waals surface area contributed by atoms with Crippen LogP contribution in [0.15, 0.2) is 9.59 Å². The van der Waals surface area contributed by atoms with Crippen molar-refractivity contribution in [2.24, 2.45) is 0 Å². The van der Waals surface area contributed by atoms with Crippen molar-refractivity contribution in [1.29, 1.82) is 0 Å². The number of rotatable bonds is 3. The predicted octanol–water partition coefficient (Wildman–Crippen LogP) is 0.700. The minimum atomic E-state index is -0.378. The third kappa shape index (κ3) is 1.60. The molecule has 2 N–H and O–H groups in total. The minimum absolute atomic E-state index is 0.377. The van der Waals surface area contributed by atoms with E-state index in [0.29, 0.717) is 23.6 Å². The van der Waals surface area contributed by atoms with Crippen LogP contribution in [0.5, 0.6) is 0 Å². The van der Waals surface area contributed by atoms with Crippen LogP contribution in [0.3, 0.4) is 0 Å². The van der Waals surface area contributed by atoms with Gasteiger partial charge in [-0.15, -0.1) is 0 Å². The summed E-state index contributed by atoms with van der Waals surface area (Å²) in [6, 6.07) is 0. The fourth-order valence-electron chi connectivity index (χ4n) is 2.04. The van der Waals surface area contributed by atoms with Gasteiger partial charge in [0.1, 0.15) is 11.3 Å². The first-order chi connectivity index (χ1) is 8.20. The van der Waals surface area contributed by atoms with Crippen LogP contribution in [0.1, 0.15) is 37.9 Å². The van der Waals surface area contributed by atoms with E-state index in [1.807, 2.05) is 6.92 Å². The van der Waals surface area contributed by atoms with Crippen molar-refractivity contribution in [2.45, 2.75) is 38.6 Å². The summed E-state index contributed by atoms with van der Waals surface area (Å²) in [4.78, 5) is 33.1. The fraction of sp³-hybridized carbons (Fsp3) is 0.545. The lowest BCUT2D eigenvalue weighted by atomic mass is 10.4. The first-order valence-corrected chi connectivity index (χ1v) is 5.93. The van der Waals surface area contributed by atoms with Gasteiger partial charge >= 0.3 is 5.69 Å². The zero-order valence-electron chi connectivity index (χ0n) is 9.62. The van der Waals surface area contributed by atoms with Crippen molar-refractivity contribution in [3.05, 3.63) is 26.7 Å². The Morgan fingerprint density at radius 2 is 2.12 bits per heavy atom. The van der Waals surface area contributed by atoms with E-state index in [-0.39, 0.29) is 11.2 Å². The molecule has 1 aliphatic rings. The average Bonchev–Trinajstić information content (AvgIpc) is 3.04. The minimum Gasteiger partial charge on any atom is -0.336 e. The van der Waals surface area contributed by atoms with Crippen molar-refractivity contribution in [3.8, 4) is 0 Å². The molecule has 3 rings (SSSR count). The number of aryl methyl sites for hydroxylation is 1. The predicted molar refractivity (Wildman–Crippen MR) is 63.2 cm³/mol. The number of imidazole rings is 1. The summed E-state index contributed by atoms with van der Waals surface area (Å²) in [6.45, 7) is 2.55. The van der Waals surface area contributed by atoms with Gasteiger partial charge in [-0.3, -0.25) is 14.3 Å². The summed E-state index contributed by atoms with van der Waals surface area (Å²) in [5.41, 5.74) is 0.150. The Morgan fingerprint density at radius 1 is 1.35 bits per heavy atom. The Bertz CT molecular complexity index is 675. The molecule has 0 radical (unpaired) electrons. The number of aromatic nitrogens is 4. The number of nitrogens with one attached hydrogen (secondary N) is 2. The van der Waals surface area contributed by atoms with E-state index in [1.54, 1.807) is 0 Å². The third-order valence-electron chi connectivity index (χ3n) is 3.06. The monoisotopic (exact) mass is 234 g/mol. The Kier molecular flexibility index (Phi) is 2.17. The number of aromatic amines is 2. The molecular formula is C11H14N4O2. The number of nitrogens with zero attached hydrogens (tertiary/aromatic N) is 2. The molecule has 6 nitrogen and oxygen atoms in total. The van der Waals surface area contributed by atoms with Gasteiger partial charge in [-0.05, 0) is 19.3 Å². The van der Waals surface area contributed by atoms with E-state index >= 15 is 0 Å². The standard InChI is InChI=1S/C11H14N4O2/c1-2-5-15-9-7(10(16)14-11(15)17)12-8(13-9)6-3-4-6/h6H,2-5H2,1H3,(H,12,13)(H,14,16,17). The zero-order chi connectivity index (χ0) is 12.0. The highest BCUT2D eigenvalue weighted by Gasteiger charge is 2.28. The molecule has 0 atom stereocenters.